The van der Waals surface area contributed by atoms with Crippen molar-refractivity contribution in [3.63, 3.8) is 0 Å². The Kier molecular flexibility index (Phi) is 4.44. The van der Waals surface area contributed by atoms with E-state index in [0.717, 1.165) is 12.8 Å². The zero-order valence-electron chi connectivity index (χ0n) is 12.4. The van der Waals surface area contributed by atoms with Gasteiger partial charge in [0.25, 0.3) is 5.91 Å². The number of hydrogen-bond acceptors (Lipinski definition) is 4. The van der Waals surface area contributed by atoms with Crippen LogP contribution in [0.15, 0.2) is 12.1 Å². The van der Waals surface area contributed by atoms with Gasteiger partial charge in [-0.1, -0.05) is 12.8 Å². The Morgan fingerprint density at radius 1 is 1.32 bits per heavy atom. The summed E-state index contributed by atoms with van der Waals surface area (Å²) in [6.07, 6.45) is 3.19. The van der Waals surface area contributed by atoms with Crippen LogP contribution < -0.4 is 11.1 Å². The minimum atomic E-state index is -1.09. The molecule has 7 heteroatoms. The number of nitrogens with zero attached hydrogens (tertiary/aromatic N) is 1. The van der Waals surface area contributed by atoms with Crippen LogP contribution in [0.3, 0.4) is 0 Å². The highest BCUT2D eigenvalue weighted by Gasteiger charge is 2.39. The summed E-state index contributed by atoms with van der Waals surface area (Å²) in [5, 5.41) is 11.6. The number of carboxylic acids is 1. The van der Waals surface area contributed by atoms with Gasteiger partial charge in [-0.15, -0.1) is 0 Å². The number of carbonyl (C=O) groups excluding carboxylic acids is 2. The minimum absolute atomic E-state index is 0.0564. The first-order chi connectivity index (χ1) is 10.4. The van der Waals surface area contributed by atoms with E-state index in [-0.39, 0.29) is 23.5 Å². The number of carboxylic acid groups (broad SMARTS) is 1. The standard InChI is InChI=1S/C15H19N3O4/c1-9-10(13(20)21)4-5-11(18-9)12(19)17-8-15(14(16)22)6-2-3-7-15/h4-5H,2-3,6-8H2,1H3,(H2,16,22)(H,17,19)(H,20,21). The molecule has 4 N–H and O–H groups in total. The molecule has 7 nitrogen and oxygen atoms in total. The number of primary amides is 1. The van der Waals surface area contributed by atoms with E-state index in [1.54, 1.807) is 0 Å². The maximum absolute atomic E-state index is 12.1. The van der Waals surface area contributed by atoms with Crippen LogP contribution in [0.25, 0.3) is 0 Å². The van der Waals surface area contributed by atoms with E-state index in [0.29, 0.717) is 12.8 Å². The number of nitrogens with one attached hydrogen (secondary N) is 1. The first-order valence-electron chi connectivity index (χ1n) is 7.15. The van der Waals surface area contributed by atoms with E-state index >= 15 is 0 Å². The number of aromatic nitrogens is 1. The van der Waals surface area contributed by atoms with E-state index < -0.39 is 23.2 Å². The maximum atomic E-state index is 12.1. The van der Waals surface area contributed by atoms with Gasteiger partial charge in [0.1, 0.15) is 5.69 Å². The highest BCUT2D eigenvalue weighted by atomic mass is 16.4. The summed E-state index contributed by atoms with van der Waals surface area (Å²) < 4.78 is 0. The van der Waals surface area contributed by atoms with Crippen LogP contribution in [0.5, 0.6) is 0 Å². The molecule has 118 valence electrons. The first kappa shape index (κ1) is 15.9. The fourth-order valence-electron chi connectivity index (χ4n) is 2.82. The Hall–Kier alpha value is -2.44. The van der Waals surface area contributed by atoms with Gasteiger partial charge in [-0.3, -0.25) is 9.59 Å². The highest BCUT2D eigenvalue weighted by molar-refractivity contribution is 5.94. The number of rotatable bonds is 5. The molecule has 0 aliphatic heterocycles. The van der Waals surface area contributed by atoms with E-state index in [1.807, 2.05) is 0 Å². The monoisotopic (exact) mass is 305 g/mol. The summed E-state index contributed by atoms with van der Waals surface area (Å²) in [6, 6.07) is 2.70. The molecule has 1 aromatic rings. The van der Waals surface area contributed by atoms with E-state index in [4.69, 9.17) is 10.8 Å². The summed E-state index contributed by atoms with van der Waals surface area (Å²) in [4.78, 5) is 38.7. The number of carbonyl (C=O) groups is 3. The molecule has 0 atom stereocenters. The van der Waals surface area contributed by atoms with Gasteiger partial charge in [-0.2, -0.15) is 0 Å². The topological polar surface area (TPSA) is 122 Å². The summed E-state index contributed by atoms with van der Waals surface area (Å²) in [5.74, 6) is -1.92. The highest BCUT2D eigenvalue weighted by Crippen LogP contribution is 2.37. The van der Waals surface area contributed by atoms with Crippen LogP contribution in [0.1, 0.15) is 52.2 Å². The zero-order chi connectivity index (χ0) is 16.3. The number of nitrogens with two attached hydrogens (primary N) is 1. The normalized spacial score (nSPS) is 16.2. The molecule has 0 saturated heterocycles. The molecule has 0 unspecified atom stereocenters. The lowest BCUT2D eigenvalue weighted by Crippen LogP contribution is -2.44. The third-order valence-corrected chi connectivity index (χ3v) is 4.22. The second-order valence-electron chi connectivity index (χ2n) is 5.67. The molecule has 1 heterocycles. The molecule has 2 amide bonds. The third-order valence-electron chi connectivity index (χ3n) is 4.22. The smallest absolute Gasteiger partial charge is 0.337 e. The van der Waals surface area contributed by atoms with Crippen molar-refractivity contribution in [3.05, 3.63) is 29.1 Å². The van der Waals surface area contributed by atoms with Gasteiger partial charge in [0.2, 0.25) is 5.91 Å². The molecule has 1 aliphatic carbocycles. The molecule has 22 heavy (non-hydrogen) atoms. The van der Waals surface area contributed by atoms with Gasteiger partial charge < -0.3 is 16.2 Å². The Balaban J connectivity index is 2.08. The summed E-state index contributed by atoms with van der Waals surface area (Å²) >= 11 is 0. The van der Waals surface area contributed by atoms with Gasteiger partial charge in [0.15, 0.2) is 0 Å². The van der Waals surface area contributed by atoms with Crippen molar-refractivity contribution in [1.82, 2.24) is 10.3 Å². The fourth-order valence-corrected chi connectivity index (χ4v) is 2.82. The average molecular weight is 305 g/mol. The Bertz CT molecular complexity index is 621. The maximum Gasteiger partial charge on any atom is 0.337 e. The van der Waals surface area contributed by atoms with Crippen molar-refractivity contribution < 1.29 is 19.5 Å². The van der Waals surface area contributed by atoms with Crippen LogP contribution in [-0.4, -0.2) is 34.4 Å². The molecule has 2 rings (SSSR count). The average Bonchev–Trinajstić information content (AvgIpc) is 2.94. The quantitative estimate of drug-likeness (QED) is 0.744. The lowest BCUT2D eigenvalue weighted by atomic mass is 9.85. The second kappa shape index (κ2) is 6.13. The Labute approximate surface area is 127 Å². The number of pyridine rings is 1. The van der Waals surface area contributed by atoms with E-state index in [9.17, 15) is 14.4 Å². The molecular weight excluding hydrogens is 286 g/mol. The van der Waals surface area contributed by atoms with Crippen molar-refractivity contribution in [2.45, 2.75) is 32.6 Å². The number of amides is 2. The van der Waals surface area contributed by atoms with Crippen LogP contribution in [0.2, 0.25) is 0 Å². The molecule has 0 radical (unpaired) electrons. The SMILES string of the molecule is Cc1nc(C(=O)NCC2(C(N)=O)CCCC2)ccc1C(=O)O. The van der Waals surface area contributed by atoms with Crippen LogP contribution in [0.4, 0.5) is 0 Å². The number of aryl methyl sites for hydroxylation is 1. The largest absolute Gasteiger partial charge is 0.478 e. The lowest BCUT2D eigenvalue weighted by molar-refractivity contribution is -0.127. The summed E-state index contributed by atoms with van der Waals surface area (Å²) in [6.45, 7) is 1.71. The molecular formula is C15H19N3O4. The summed E-state index contributed by atoms with van der Waals surface area (Å²) in [7, 11) is 0. The Morgan fingerprint density at radius 2 is 1.95 bits per heavy atom. The fraction of sp³-hybridized carbons (Fsp3) is 0.467. The van der Waals surface area contributed by atoms with Crippen LogP contribution in [0, 0.1) is 12.3 Å². The van der Waals surface area contributed by atoms with Gasteiger partial charge in [0.05, 0.1) is 16.7 Å². The number of hydrogen-bond donors (Lipinski definition) is 3. The van der Waals surface area contributed by atoms with Gasteiger partial charge in [0, 0.05) is 6.54 Å². The predicted octanol–water partition coefficient (Wildman–Crippen LogP) is 0.864. The molecule has 1 saturated carbocycles. The predicted molar refractivity (Wildman–Crippen MR) is 78.4 cm³/mol. The van der Waals surface area contributed by atoms with Crippen molar-refractivity contribution in [2.75, 3.05) is 6.54 Å². The lowest BCUT2D eigenvalue weighted by Gasteiger charge is -2.25. The van der Waals surface area contributed by atoms with Crippen molar-refractivity contribution >= 4 is 17.8 Å². The van der Waals surface area contributed by atoms with Gasteiger partial charge in [-0.05, 0) is 31.9 Å². The molecule has 0 bridgehead atoms. The molecule has 1 aliphatic rings. The van der Waals surface area contributed by atoms with Crippen molar-refractivity contribution in [1.29, 1.82) is 0 Å². The van der Waals surface area contributed by atoms with Gasteiger partial charge in [-0.25, -0.2) is 9.78 Å². The van der Waals surface area contributed by atoms with Crippen LogP contribution >= 0.6 is 0 Å². The molecule has 1 fully saturated rings. The first-order valence-corrected chi connectivity index (χ1v) is 7.15. The van der Waals surface area contributed by atoms with E-state index in [1.165, 1.54) is 19.1 Å². The van der Waals surface area contributed by atoms with Crippen molar-refractivity contribution in [3.8, 4) is 0 Å². The minimum Gasteiger partial charge on any atom is -0.478 e. The third kappa shape index (κ3) is 3.08. The molecule has 1 aromatic heterocycles. The molecule has 0 spiro atoms. The molecule has 0 aromatic carbocycles. The van der Waals surface area contributed by atoms with Crippen LogP contribution in [-0.2, 0) is 4.79 Å². The zero-order valence-corrected chi connectivity index (χ0v) is 12.4. The van der Waals surface area contributed by atoms with Gasteiger partial charge >= 0.3 is 5.97 Å². The van der Waals surface area contributed by atoms with Crippen molar-refractivity contribution in [2.24, 2.45) is 11.1 Å². The Morgan fingerprint density at radius 3 is 2.45 bits per heavy atom. The van der Waals surface area contributed by atoms with E-state index in [2.05, 4.69) is 10.3 Å². The summed E-state index contributed by atoms with van der Waals surface area (Å²) in [5.41, 5.74) is 5.24. The number of aromatic carboxylic acids is 1. The second-order valence-corrected chi connectivity index (χ2v) is 5.67.